The van der Waals surface area contributed by atoms with Gasteiger partial charge < -0.3 is 20.1 Å². The lowest BCUT2D eigenvalue weighted by molar-refractivity contribution is -0.167. The van der Waals surface area contributed by atoms with Crippen LogP contribution in [0.2, 0.25) is 10.3 Å². The summed E-state index contributed by atoms with van der Waals surface area (Å²) in [6, 6.07) is 21.1. The van der Waals surface area contributed by atoms with Crippen molar-refractivity contribution in [2.45, 2.75) is 67.4 Å². The zero-order valence-electron chi connectivity index (χ0n) is 34.5. The number of nitrogens with one attached hydrogen (secondary N) is 2. The molecule has 0 atom stereocenters. The minimum absolute atomic E-state index is 0.00519. The molecule has 4 aromatic carbocycles. The number of benzene rings is 4. The minimum atomic E-state index is -4.97. The van der Waals surface area contributed by atoms with Crippen molar-refractivity contribution in [3.05, 3.63) is 128 Å². The van der Waals surface area contributed by atoms with E-state index in [2.05, 4.69) is 15.5 Å². The van der Waals surface area contributed by atoms with E-state index in [1.165, 1.54) is 6.07 Å². The maximum Gasteiger partial charge on any atom is 0.471 e. The van der Waals surface area contributed by atoms with Gasteiger partial charge in [0.15, 0.2) is 0 Å². The molecule has 2 N–H and O–H groups in total. The highest BCUT2D eigenvalue weighted by molar-refractivity contribution is 6.31. The van der Waals surface area contributed by atoms with Gasteiger partial charge in [-0.2, -0.15) is 32.1 Å². The zero-order valence-corrected chi connectivity index (χ0v) is 36.0. The van der Waals surface area contributed by atoms with Crippen LogP contribution >= 0.6 is 23.2 Å². The van der Waals surface area contributed by atoms with Crippen molar-refractivity contribution in [1.82, 2.24) is 19.6 Å². The number of alkyl halides is 5. The molecule has 0 aliphatic rings. The van der Waals surface area contributed by atoms with E-state index >= 15 is 0 Å². The van der Waals surface area contributed by atoms with Crippen LogP contribution in [0.15, 0.2) is 72.8 Å². The second-order valence-electron chi connectivity index (χ2n) is 14.3. The molecule has 17 heteroatoms. The maximum absolute atomic E-state index is 12.6. The van der Waals surface area contributed by atoms with Gasteiger partial charge in [0.05, 0.1) is 11.4 Å². The number of aromatic nitrogens is 4. The van der Waals surface area contributed by atoms with Gasteiger partial charge in [-0.25, -0.2) is 0 Å². The molecule has 0 fully saturated rings. The Bertz CT molecular complexity index is 2590. The van der Waals surface area contributed by atoms with Crippen molar-refractivity contribution in [3.63, 3.8) is 0 Å². The summed E-state index contributed by atoms with van der Waals surface area (Å²) in [5.41, 5.74) is 9.85. The standard InChI is InChI=1S/C22H21ClF3N3O2.C22H22ClF2N3O2/c1-12-6-5-7-17(27-21(30)22(24,25)26)16(12)11-31-18-9-8-15(10-13(18)2)19-14(3)20(23)29(4)28-19;1-12-6-5-7-17(26-22(29)21(24)25)16(12)11-30-18-9-8-15(10-13(18)2)19-14(3)20(23)28(4)27-19/h5-10H,11H2,1-4H3,(H,27,30);5-10,21H,11H2,1-4H3,(H,26,29). The smallest absolute Gasteiger partial charge is 0.471 e. The quantitative estimate of drug-likeness (QED) is 0.125. The Morgan fingerprint density at radius 3 is 1.41 bits per heavy atom. The molecule has 0 unspecified atom stereocenters. The van der Waals surface area contributed by atoms with E-state index in [9.17, 15) is 31.5 Å². The van der Waals surface area contributed by atoms with Crippen LogP contribution in [0.1, 0.15) is 44.5 Å². The number of amides is 2. The molecule has 0 aliphatic carbocycles. The van der Waals surface area contributed by atoms with E-state index in [-0.39, 0.29) is 18.9 Å². The number of rotatable bonds is 11. The third-order valence-corrected chi connectivity index (χ3v) is 10.9. The molecule has 2 heterocycles. The van der Waals surface area contributed by atoms with Gasteiger partial charge >= 0.3 is 18.5 Å². The molecule has 0 radical (unpaired) electrons. The molecule has 0 saturated heterocycles. The van der Waals surface area contributed by atoms with Crippen molar-refractivity contribution in [2.75, 3.05) is 10.6 Å². The number of aryl methyl sites for hydroxylation is 6. The summed E-state index contributed by atoms with van der Waals surface area (Å²) < 4.78 is 78.2. The number of ether oxygens (including phenoxy) is 2. The largest absolute Gasteiger partial charge is 0.489 e. The lowest BCUT2D eigenvalue weighted by atomic mass is 10.1. The van der Waals surface area contributed by atoms with Crippen LogP contribution in [-0.4, -0.2) is 44.0 Å². The van der Waals surface area contributed by atoms with Crippen LogP contribution in [-0.2, 0) is 36.9 Å². The summed E-state index contributed by atoms with van der Waals surface area (Å²) in [4.78, 5) is 22.8. The van der Waals surface area contributed by atoms with E-state index in [0.717, 1.165) is 50.3 Å². The summed E-state index contributed by atoms with van der Waals surface area (Å²) in [5.74, 6) is -2.15. The first-order chi connectivity index (χ1) is 28.7. The molecular formula is C44H43Cl2F5N6O4. The SMILES string of the molecule is Cc1cc(-c2nn(C)c(Cl)c2C)ccc1OCc1c(C)cccc1NC(=O)C(F)(F)F.Cc1cc(-c2nn(C)c(Cl)c2C)ccc1OCc1c(C)cccc1NC(=O)C(F)F. The molecule has 0 saturated carbocycles. The van der Waals surface area contributed by atoms with Crippen LogP contribution < -0.4 is 20.1 Å². The molecule has 0 aliphatic heterocycles. The van der Waals surface area contributed by atoms with Gasteiger partial charge in [0.1, 0.15) is 35.0 Å². The van der Waals surface area contributed by atoms with E-state index < -0.39 is 24.4 Å². The van der Waals surface area contributed by atoms with Crippen molar-refractivity contribution >= 4 is 46.4 Å². The topological polar surface area (TPSA) is 112 Å². The van der Waals surface area contributed by atoms with Crippen molar-refractivity contribution in [2.24, 2.45) is 14.1 Å². The van der Waals surface area contributed by atoms with Crippen LogP contribution in [0.4, 0.5) is 33.3 Å². The predicted molar refractivity (Wildman–Crippen MR) is 227 cm³/mol. The normalized spacial score (nSPS) is 11.3. The monoisotopic (exact) mass is 884 g/mol. The maximum atomic E-state index is 12.6. The number of carbonyl (C=O) groups is 2. The number of anilines is 2. The number of hydrogen-bond acceptors (Lipinski definition) is 6. The summed E-state index contributed by atoms with van der Waals surface area (Å²) in [5, 5.41) is 14.2. The van der Waals surface area contributed by atoms with Gasteiger partial charge in [0.2, 0.25) is 0 Å². The third kappa shape index (κ3) is 10.9. The van der Waals surface area contributed by atoms with Gasteiger partial charge in [0, 0.05) is 58.9 Å². The number of carbonyl (C=O) groups excluding carboxylic acids is 2. The highest BCUT2D eigenvalue weighted by atomic mass is 35.5. The fourth-order valence-corrected chi connectivity index (χ4v) is 6.64. The molecule has 10 nitrogen and oxygen atoms in total. The van der Waals surface area contributed by atoms with Crippen LogP contribution in [0.5, 0.6) is 11.5 Å². The molecule has 6 aromatic rings. The van der Waals surface area contributed by atoms with Crippen molar-refractivity contribution in [1.29, 1.82) is 0 Å². The van der Waals surface area contributed by atoms with Gasteiger partial charge in [-0.1, -0.05) is 47.5 Å². The van der Waals surface area contributed by atoms with Crippen molar-refractivity contribution in [3.8, 4) is 34.0 Å². The summed E-state index contributed by atoms with van der Waals surface area (Å²) in [6.45, 7) is 11.3. The van der Waals surface area contributed by atoms with Crippen LogP contribution in [0.25, 0.3) is 22.5 Å². The van der Waals surface area contributed by atoms with Gasteiger partial charge in [0.25, 0.3) is 5.91 Å². The zero-order chi connectivity index (χ0) is 44.9. The Balaban J connectivity index is 0.000000231. The first kappa shape index (κ1) is 46.1. The van der Waals surface area contributed by atoms with Gasteiger partial charge in [-0.15, -0.1) is 0 Å². The van der Waals surface area contributed by atoms with Gasteiger partial charge in [-0.3, -0.25) is 19.0 Å². The summed E-state index contributed by atoms with van der Waals surface area (Å²) in [6.07, 6.45) is -8.06. The second-order valence-corrected chi connectivity index (χ2v) is 15.0. The fourth-order valence-electron chi connectivity index (χ4n) is 6.39. The van der Waals surface area contributed by atoms with Crippen molar-refractivity contribution < 1.29 is 41.0 Å². The Morgan fingerprint density at radius 1 is 0.656 bits per heavy atom. The molecular weight excluding hydrogens is 842 g/mol. The number of halogens is 7. The third-order valence-electron chi connectivity index (χ3n) is 9.82. The van der Waals surface area contributed by atoms with E-state index in [1.54, 1.807) is 60.7 Å². The summed E-state index contributed by atoms with van der Waals surface area (Å²) >= 11 is 12.4. The Morgan fingerprint density at radius 2 is 1.07 bits per heavy atom. The second kappa shape index (κ2) is 19.2. The lowest BCUT2D eigenvalue weighted by Crippen LogP contribution is -2.30. The highest BCUT2D eigenvalue weighted by Gasteiger charge is 2.39. The average Bonchev–Trinajstić information content (AvgIpc) is 3.61. The number of hydrogen-bond donors (Lipinski definition) is 2. The summed E-state index contributed by atoms with van der Waals surface area (Å²) in [7, 11) is 3.55. The molecule has 0 bridgehead atoms. The first-order valence-electron chi connectivity index (χ1n) is 18.7. The van der Waals surface area contributed by atoms with Crippen LogP contribution in [0, 0.1) is 41.5 Å². The molecule has 6 rings (SSSR count). The van der Waals surface area contributed by atoms with E-state index in [4.69, 9.17) is 32.7 Å². The molecule has 322 valence electrons. The Labute approximate surface area is 359 Å². The number of nitrogens with zero attached hydrogens (tertiary/aromatic N) is 4. The molecule has 61 heavy (non-hydrogen) atoms. The lowest BCUT2D eigenvalue weighted by Gasteiger charge is -2.16. The Hall–Kier alpha value is -5.93. The fraction of sp³-hybridized carbons (Fsp3) is 0.273. The van der Waals surface area contributed by atoms with E-state index in [0.29, 0.717) is 44.2 Å². The Kier molecular flexibility index (Phi) is 14.5. The minimum Gasteiger partial charge on any atom is -0.489 e. The molecule has 0 spiro atoms. The predicted octanol–water partition coefficient (Wildman–Crippen LogP) is 11.2. The van der Waals surface area contributed by atoms with Crippen LogP contribution in [0.3, 0.4) is 0 Å². The van der Waals surface area contributed by atoms with Gasteiger partial charge in [-0.05, 0) is 112 Å². The average molecular weight is 886 g/mol. The van der Waals surface area contributed by atoms with E-state index in [1.807, 2.05) is 76.3 Å². The molecule has 2 amide bonds. The highest BCUT2D eigenvalue weighted by Crippen LogP contribution is 2.34. The molecule has 2 aromatic heterocycles. The first-order valence-corrected chi connectivity index (χ1v) is 19.4.